The summed E-state index contributed by atoms with van der Waals surface area (Å²) in [5.41, 5.74) is 20.4. The number of anilines is 3. The average molecular weight is 820 g/mol. The van der Waals surface area contributed by atoms with Crippen molar-refractivity contribution in [1.29, 1.82) is 5.26 Å². The molecule has 64 heavy (non-hydrogen) atoms. The molecular formula is C61H45N3. The number of para-hydroxylation sites is 1. The van der Waals surface area contributed by atoms with E-state index in [0.29, 0.717) is 5.56 Å². The van der Waals surface area contributed by atoms with E-state index in [9.17, 15) is 5.26 Å². The Morgan fingerprint density at radius 3 is 1.61 bits per heavy atom. The minimum Gasteiger partial charge on any atom is -0.310 e. The van der Waals surface area contributed by atoms with Crippen LogP contribution in [0.5, 0.6) is 0 Å². The van der Waals surface area contributed by atoms with Crippen LogP contribution >= 0.6 is 0 Å². The van der Waals surface area contributed by atoms with Crippen LogP contribution < -0.4 is 4.90 Å². The fourth-order valence-electron chi connectivity index (χ4n) is 11.0. The molecule has 1 heterocycles. The molecule has 12 rings (SSSR count). The summed E-state index contributed by atoms with van der Waals surface area (Å²) in [6.45, 7) is 9.58. The molecule has 0 spiro atoms. The largest absolute Gasteiger partial charge is 0.310 e. The molecule has 0 bridgehead atoms. The van der Waals surface area contributed by atoms with E-state index in [4.69, 9.17) is 0 Å². The fraction of sp³-hybridized carbons (Fsp3) is 0.0984. The molecule has 3 heteroatoms. The van der Waals surface area contributed by atoms with Crippen LogP contribution in [0.1, 0.15) is 55.5 Å². The van der Waals surface area contributed by atoms with Gasteiger partial charge >= 0.3 is 0 Å². The molecule has 0 unspecified atom stereocenters. The molecule has 0 amide bonds. The lowest BCUT2D eigenvalue weighted by atomic mass is 9.75. The maximum Gasteiger partial charge on any atom is 0.0991 e. The molecule has 2 aliphatic carbocycles. The molecule has 304 valence electrons. The quantitative estimate of drug-likeness (QED) is 0.167. The second kappa shape index (κ2) is 14.0. The number of rotatable bonds is 6. The molecule has 0 aliphatic heterocycles. The van der Waals surface area contributed by atoms with E-state index in [0.717, 1.165) is 33.9 Å². The first-order chi connectivity index (χ1) is 31.2. The van der Waals surface area contributed by atoms with E-state index in [1.165, 1.54) is 77.1 Å². The SMILES string of the molecule is CC1(C)C2=C(c3ccccc31)C(C)(C)c1cc(-c3ccc(N(c4ccc(-c5ccc(C#N)cc5)cc4)c4ccc5c(c4)c4cc6ccccc6cc4n5-c4ccccc4)cc3)ccc12. The third-order valence-corrected chi connectivity index (χ3v) is 14.2. The maximum atomic E-state index is 9.40. The van der Waals surface area contributed by atoms with Gasteiger partial charge in [-0.15, -0.1) is 0 Å². The number of aromatic nitrogens is 1. The molecule has 9 aromatic carbocycles. The Morgan fingerprint density at radius 2 is 0.938 bits per heavy atom. The second-order valence-corrected chi connectivity index (χ2v) is 18.5. The van der Waals surface area contributed by atoms with Gasteiger partial charge in [0.2, 0.25) is 0 Å². The molecule has 0 fully saturated rings. The number of hydrogen-bond acceptors (Lipinski definition) is 2. The Balaban J connectivity index is 0.979. The van der Waals surface area contributed by atoms with Crippen molar-refractivity contribution in [2.75, 3.05) is 4.90 Å². The zero-order valence-electron chi connectivity index (χ0n) is 36.4. The molecule has 10 aromatic rings. The number of benzene rings is 9. The van der Waals surface area contributed by atoms with Crippen molar-refractivity contribution in [3.05, 3.63) is 228 Å². The summed E-state index contributed by atoms with van der Waals surface area (Å²) in [5.74, 6) is 0. The number of nitriles is 1. The van der Waals surface area contributed by atoms with Gasteiger partial charge in [-0.25, -0.2) is 0 Å². The Kier molecular flexibility index (Phi) is 8.29. The highest BCUT2D eigenvalue weighted by molar-refractivity contribution is 6.15. The predicted molar refractivity (Wildman–Crippen MR) is 268 cm³/mol. The monoisotopic (exact) mass is 819 g/mol. The summed E-state index contributed by atoms with van der Waals surface area (Å²) in [6, 6.07) is 75.0. The summed E-state index contributed by atoms with van der Waals surface area (Å²) in [5, 5.41) is 14.3. The minimum atomic E-state index is -0.111. The standard InChI is InChI=1S/C61H45N3/c1-60(2)54-17-11-10-16-50(54)58-59(60)51-32-26-45(35-55(51)61(58,3)4)42-24-29-48(30-25-42)63(47-27-22-41(23-28-47)40-20-18-39(38-62)19-21-40)49-31-33-56-53(37-49)52-34-43-12-8-9-13-44(43)36-57(52)64(56)46-14-6-5-7-15-46/h5-37H,1-4H3. The van der Waals surface area contributed by atoms with Crippen molar-refractivity contribution >= 4 is 60.8 Å². The lowest BCUT2D eigenvalue weighted by Crippen LogP contribution is -2.19. The van der Waals surface area contributed by atoms with Gasteiger partial charge in [0, 0.05) is 44.4 Å². The van der Waals surface area contributed by atoms with Crippen LogP contribution in [-0.2, 0) is 10.8 Å². The Morgan fingerprint density at radius 1 is 0.422 bits per heavy atom. The lowest BCUT2D eigenvalue weighted by molar-refractivity contribution is 0.694. The van der Waals surface area contributed by atoms with E-state index in [1.54, 1.807) is 0 Å². The van der Waals surface area contributed by atoms with Gasteiger partial charge in [0.05, 0.1) is 22.7 Å². The molecule has 3 nitrogen and oxygen atoms in total. The minimum absolute atomic E-state index is 0.0471. The molecular weight excluding hydrogens is 775 g/mol. The van der Waals surface area contributed by atoms with Crippen LogP contribution in [0.3, 0.4) is 0 Å². The summed E-state index contributed by atoms with van der Waals surface area (Å²) in [4.78, 5) is 2.37. The van der Waals surface area contributed by atoms with Crippen LogP contribution in [0.4, 0.5) is 17.1 Å². The number of hydrogen-bond donors (Lipinski definition) is 0. The highest BCUT2D eigenvalue weighted by Crippen LogP contribution is 2.62. The zero-order valence-corrected chi connectivity index (χ0v) is 36.4. The number of allylic oxidation sites excluding steroid dienone is 2. The van der Waals surface area contributed by atoms with E-state index in [2.05, 4.69) is 219 Å². The van der Waals surface area contributed by atoms with Crippen molar-refractivity contribution in [2.45, 2.75) is 38.5 Å². The summed E-state index contributed by atoms with van der Waals surface area (Å²) in [7, 11) is 0. The first-order valence-electron chi connectivity index (χ1n) is 22.2. The van der Waals surface area contributed by atoms with Gasteiger partial charge in [0.15, 0.2) is 0 Å². The van der Waals surface area contributed by atoms with E-state index >= 15 is 0 Å². The fourth-order valence-corrected chi connectivity index (χ4v) is 11.0. The zero-order chi connectivity index (χ0) is 43.3. The van der Waals surface area contributed by atoms with Crippen LogP contribution in [0.2, 0.25) is 0 Å². The Hall–Kier alpha value is -7.93. The molecule has 0 atom stereocenters. The average Bonchev–Trinajstić information content (AvgIpc) is 3.88. The van der Waals surface area contributed by atoms with Crippen LogP contribution in [0.15, 0.2) is 200 Å². The first-order valence-corrected chi connectivity index (χ1v) is 22.2. The van der Waals surface area contributed by atoms with Crippen LogP contribution in [-0.4, -0.2) is 4.57 Å². The van der Waals surface area contributed by atoms with Gasteiger partial charge in [-0.1, -0.05) is 143 Å². The predicted octanol–water partition coefficient (Wildman–Crippen LogP) is 16.1. The third-order valence-electron chi connectivity index (χ3n) is 14.2. The van der Waals surface area contributed by atoms with Crippen molar-refractivity contribution < 1.29 is 0 Å². The highest BCUT2D eigenvalue weighted by Gasteiger charge is 2.49. The third kappa shape index (κ3) is 5.66. The van der Waals surface area contributed by atoms with E-state index in [1.807, 2.05) is 24.3 Å². The topological polar surface area (TPSA) is 32.0 Å². The second-order valence-electron chi connectivity index (χ2n) is 18.5. The van der Waals surface area contributed by atoms with E-state index < -0.39 is 0 Å². The summed E-state index contributed by atoms with van der Waals surface area (Å²) < 4.78 is 2.40. The highest BCUT2D eigenvalue weighted by atomic mass is 15.1. The van der Waals surface area contributed by atoms with Gasteiger partial charge in [0.25, 0.3) is 0 Å². The van der Waals surface area contributed by atoms with Crippen molar-refractivity contribution in [2.24, 2.45) is 0 Å². The van der Waals surface area contributed by atoms with Crippen LogP contribution in [0, 0.1) is 11.3 Å². The molecule has 0 N–H and O–H groups in total. The van der Waals surface area contributed by atoms with Gasteiger partial charge in [0.1, 0.15) is 0 Å². The Labute approximate surface area is 374 Å². The number of fused-ring (bicyclic) bond motifs is 8. The smallest absolute Gasteiger partial charge is 0.0991 e. The maximum absolute atomic E-state index is 9.40. The first kappa shape index (κ1) is 37.8. The van der Waals surface area contributed by atoms with Crippen LogP contribution in [0.25, 0.3) is 71.7 Å². The molecule has 1 aromatic heterocycles. The van der Waals surface area contributed by atoms with Gasteiger partial charge < -0.3 is 9.47 Å². The van der Waals surface area contributed by atoms with Crippen molar-refractivity contribution in [3.8, 4) is 34.0 Å². The molecule has 0 radical (unpaired) electrons. The summed E-state index contributed by atoms with van der Waals surface area (Å²) >= 11 is 0. The summed E-state index contributed by atoms with van der Waals surface area (Å²) in [6.07, 6.45) is 0. The normalized spacial score (nSPS) is 14.4. The van der Waals surface area contributed by atoms with Gasteiger partial charge in [-0.2, -0.15) is 5.26 Å². The van der Waals surface area contributed by atoms with Crippen molar-refractivity contribution in [1.82, 2.24) is 4.57 Å². The Bertz CT molecular complexity index is 3580. The van der Waals surface area contributed by atoms with Gasteiger partial charge in [-0.3, -0.25) is 0 Å². The number of nitrogens with zero attached hydrogens (tertiary/aromatic N) is 3. The van der Waals surface area contributed by atoms with E-state index in [-0.39, 0.29) is 10.8 Å². The molecule has 0 saturated heterocycles. The van der Waals surface area contributed by atoms with Crippen molar-refractivity contribution in [3.63, 3.8) is 0 Å². The molecule has 0 saturated carbocycles. The molecule has 2 aliphatic rings. The van der Waals surface area contributed by atoms with Gasteiger partial charge in [-0.05, 0) is 151 Å². The lowest BCUT2D eigenvalue weighted by Gasteiger charge is -2.28.